The smallest absolute Gasteiger partial charge is 0.310 e. The highest BCUT2D eigenvalue weighted by Gasteiger charge is 2.56. The zero-order chi connectivity index (χ0) is 16.8. The molecule has 1 aliphatic heterocycles. The molecule has 1 fully saturated rings. The van der Waals surface area contributed by atoms with Gasteiger partial charge >= 0.3 is 11.9 Å². The largest absolute Gasteiger partial charge is 0.481 e. The highest BCUT2D eigenvalue weighted by atomic mass is 16.6. The molecular formula is C18H15NO5. The van der Waals surface area contributed by atoms with Crippen molar-refractivity contribution in [2.75, 3.05) is 0 Å². The summed E-state index contributed by atoms with van der Waals surface area (Å²) in [5.41, 5.74) is 1.31. The van der Waals surface area contributed by atoms with Crippen molar-refractivity contribution in [1.29, 1.82) is 0 Å². The van der Waals surface area contributed by atoms with Gasteiger partial charge in [0.15, 0.2) is 0 Å². The normalized spacial score (nSPS) is 28.2. The second kappa shape index (κ2) is 5.33. The third-order valence-corrected chi connectivity index (χ3v) is 4.96. The minimum Gasteiger partial charge on any atom is -0.481 e. The molecule has 4 atom stereocenters. The first-order valence-corrected chi connectivity index (χ1v) is 7.75. The van der Waals surface area contributed by atoms with Crippen LogP contribution in [0.15, 0.2) is 47.6 Å². The molecule has 2 aromatic rings. The van der Waals surface area contributed by atoms with Gasteiger partial charge in [-0.3, -0.25) is 9.59 Å². The van der Waals surface area contributed by atoms with Crippen LogP contribution in [0.5, 0.6) is 0 Å². The fourth-order valence-electron chi connectivity index (χ4n) is 3.79. The van der Waals surface area contributed by atoms with Gasteiger partial charge in [0.25, 0.3) is 0 Å². The van der Waals surface area contributed by atoms with E-state index >= 15 is 0 Å². The summed E-state index contributed by atoms with van der Waals surface area (Å²) in [6, 6.07) is 13.6. The summed E-state index contributed by atoms with van der Waals surface area (Å²) in [5, 5.41) is 25.0. The van der Waals surface area contributed by atoms with E-state index in [0.29, 0.717) is 5.71 Å². The van der Waals surface area contributed by atoms with Gasteiger partial charge < -0.3 is 15.1 Å². The molecule has 4 rings (SSSR count). The predicted molar refractivity (Wildman–Crippen MR) is 85.7 cm³/mol. The second-order valence-corrected chi connectivity index (χ2v) is 6.26. The number of aliphatic carboxylic acids is 2. The Morgan fingerprint density at radius 1 is 1.00 bits per heavy atom. The van der Waals surface area contributed by atoms with Gasteiger partial charge in [0.1, 0.15) is 6.10 Å². The van der Waals surface area contributed by atoms with Crippen LogP contribution < -0.4 is 0 Å². The van der Waals surface area contributed by atoms with Gasteiger partial charge in [-0.05, 0) is 23.3 Å². The van der Waals surface area contributed by atoms with E-state index in [1.165, 1.54) is 0 Å². The molecule has 2 aliphatic rings. The zero-order valence-corrected chi connectivity index (χ0v) is 12.6. The number of oxime groups is 1. The molecule has 0 amide bonds. The molecule has 0 aromatic heterocycles. The van der Waals surface area contributed by atoms with Gasteiger partial charge in [-0.15, -0.1) is 0 Å². The van der Waals surface area contributed by atoms with Gasteiger partial charge in [0.05, 0.1) is 23.5 Å². The lowest BCUT2D eigenvalue weighted by Crippen LogP contribution is -2.31. The van der Waals surface area contributed by atoms with E-state index in [-0.39, 0.29) is 6.42 Å². The van der Waals surface area contributed by atoms with E-state index in [2.05, 4.69) is 5.16 Å². The number of rotatable bonds is 3. The molecule has 0 saturated heterocycles. The summed E-state index contributed by atoms with van der Waals surface area (Å²) >= 11 is 0. The number of carbonyl (C=O) groups is 2. The fraction of sp³-hybridized carbons (Fsp3) is 0.278. The van der Waals surface area contributed by atoms with Crippen LogP contribution in [0.4, 0.5) is 0 Å². The Kier molecular flexibility index (Phi) is 3.26. The van der Waals surface area contributed by atoms with Crippen LogP contribution in [0.25, 0.3) is 10.8 Å². The van der Waals surface area contributed by atoms with Crippen molar-refractivity contribution in [2.45, 2.75) is 12.5 Å². The molecule has 6 heteroatoms. The molecule has 2 aromatic carbocycles. The Labute approximate surface area is 137 Å². The molecular weight excluding hydrogens is 310 g/mol. The van der Waals surface area contributed by atoms with Crippen LogP contribution in [0.2, 0.25) is 0 Å². The maximum atomic E-state index is 11.6. The molecule has 2 N–H and O–H groups in total. The average molecular weight is 325 g/mol. The molecule has 1 aliphatic carbocycles. The van der Waals surface area contributed by atoms with Gasteiger partial charge in [0.2, 0.25) is 0 Å². The topological polar surface area (TPSA) is 96.2 Å². The molecule has 0 spiro atoms. The lowest BCUT2D eigenvalue weighted by atomic mass is 9.86. The number of hydrogen-bond acceptors (Lipinski definition) is 4. The molecule has 0 bridgehead atoms. The van der Waals surface area contributed by atoms with Crippen molar-refractivity contribution in [2.24, 2.45) is 22.9 Å². The van der Waals surface area contributed by atoms with E-state index in [1.807, 2.05) is 42.5 Å². The van der Waals surface area contributed by atoms with E-state index in [4.69, 9.17) is 4.84 Å². The first kappa shape index (κ1) is 14.7. The number of nitrogens with zero attached hydrogens (tertiary/aromatic N) is 1. The first-order chi connectivity index (χ1) is 11.6. The molecule has 24 heavy (non-hydrogen) atoms. The summed E-state index contributed by atoms with van der Waals surface area (Å²) < 4.78 is 0. The SMILES string of the molecule is O=C(O)[C@H]1C[C@@H](C(=O)O)[C@H]2ON=C(c3ccc4ccccc4c3)[C@H]21. The van der Waals surface area contributed by atoms with Crippen molar-refractivity contribution in [3.05, 3.63) is 48.0 Å². The fourth-order valence-corrected chi connectivity index (χ4v) is 3.79. The number of benzene rings is 2. The van der Waals surface area contributed by atoms with Gasteiger partial charge in [-0.2, -0.15) is 0 Å². The zero-order valence-electron chi connectivity index (χ0n) is 12.6. The van der Waals surface area contributed by atoms with Crippen molar-refractivity contribution in [3.63, 3.8) is 0 Å². The third kappa shape index (κ3) is 2.14. The summed E-state index contributed by atoms with van der Waals surface area (Å²) in [6.45, 7) is 0. The van der Waals surface area contributed by atoms with Crippen molar-refractivity contribution in [3.8, 4) is 0 Å². The standard InChI is InChI=1S/C18H15NO5/c20-17(21)12-8-13(18(22)23)16-14(12)15(19-24-16)11-6-5-9-3-1-2-4-10(9)7-11/h1-7,12-14,16H,8H2,(H,20,21)(H,22,23)/t12-,13+,14+,16+/m0/s1. The van der Waals surface area contributed by atoms with Gasteiger partial charge in [0, 0.05) is 5.56 Å². The number of carboxylic acid groups (broad SMARTS) is 2. The third-order valence-electron chi connectivity index (χ3n) is 4.96. The first-order valence-electron chi connectivity index (χ1n) is 7.75. The number of fused-ring (bicyclic) bond motifs is 2. The molecule has 0 unspecified atom stereocenters. The quantitative estimate of drug-likeness (QED) is 0.903. The van der Waals surface area contributed by atoms with Crippen LogP contribution in [-0.2, 0) is 14.4 Å². The Bertz CT molecular complexity index is 875. The van der Waals surface area contributed by atoms with Crippen LogP contribution >= 0.6 is 0 Å². The van der Waals surface area contributed by atoms with Crippen molar-refractivity contribution >= 4 is 28.4 Å². The van der Waals surface area contributed by atoms with Gasteiger partial charge in [-0.1, -0.05) is 41.6 Å². The molecule has 6 nitrogen and oxygen atoms in total. The Balaban J connectivity index is 1.75. The van der Waals surface area contributed by atoms with E-state index in [0.717, 1.165) is 16.3 Å². The number of hydrogen-bond donors (Lipinski definition) is 2. The minimum absolute atomic E-state index is 0.0621. The van der Waals surface area contributed by atoms with Crippen LogP contribution in [-0.4, -0.2) is 34.0 Å². The average Bonchev–Trinajstić information content (AvgIpc) is 3.14. The van der Waals surface area contributed by atoms with Gasteiger partial charge in [-0.25, -0.2) is 0 Å². The van der Waals surface area contributed by atoms with Crippen LogP contribution in [0, 0.1) is 17.8 Å². The summed E-state index contributed by atoms with van der Waals surface area (Å²) in [7, 11) is 0. The van der Waals surface area contributed by atoms with E-state index in [9.17, 15) is 19.8 Å². The maximum absolute atomic E-state index is 11.6. The monoisotopic (exact) mass is 325 g/mol. The maximum Gasteiger partial charge on any atom is 0.310 e. The molecule has 1 heterocycles. The van der Waals surface area contributed by atoms with Crippen molar-refractivity contribution in [1.82, 2.24) is 0 Å². The highest BCUT2D eigenvalue weighted by Crippen LogP contribution is 2.44. The van der Waals surface area contributed by atoms with E-state index in [1.54, 1.807) is 0 Å². The summed E-state index contributed by atoms with van der Waals surface area (Å²) in [4.78, 5) is 28.4. The Morgan fingerprint density at radius 3 is 2.42 bits per heavy atom. The van der Waals surface area contributed by atoms with Crippen LogP contribution in [0.1, 0.15) is 12.0 Å². The lowest BCUT2D eigenvalue weighted by Gasteiger charge is -2.15. The molecule has 0 radical (unpaired) electrons. The number of carboxylic acids is 2. The Hall–Kier alpha value is -2.89. The van der Waals surface area contributed by atoms with Crippen LogP contribution in [0.3, 0.4) is 0 Å². The van der Waals surface area contributed by atoms with E-state index < -0.39 is 35.8 Å². The second-order valence-electron chi connectivity index (χ2n) is 6.26. The summed E-state index contributed by atoms with van der Waals surface area (Å²) in [5.74, 6) is -4.23. The highest BCUT2D eigenvalue weighted by molar-refractivity contribution is 6.07. The predicted octanol–water partition coefficient (Wildman–Crippen LogP) is 2.36. The molecule has 122 valence electrons. The Morgan fingerprint density at radius 2 is 1.71 bits per heavy atom. The summed E-state index contributed by atoms with van der Waals surface area (Å²) in [6.07, 6.45) is -0.655. The van der Waals surface area contributed by atoms with Crippen molar-refractivity contribution < 1.29 is 24.6 Å². The lowest BCUT2D eigenvalue weighted by molar-refractivity contribution is -0.145. The molecule has 1 saturated carbocycles. The minimum atomic E-state index is -1.04.